The molecule has 4 heteroatoms. The fourth-order valence-electron chi connectivity index (χ4n) is 1.01. The Balaban J connectivity index is 0. The van der Waals surface area contributed by atoms with Crippen LogP contribution in [0.15, 0.2) is 30.3 Å². The largest absolute Gasteiger partial charge is 1.00 e. The minimum absolute atomic E-state index is 0. The van der Waals surface area contributed by atoms with Gasteiger partial charge in [0.2, 0.25) is 0 Å². The van der Waals surface area contributed by atoms with Crippen molar-refractivity contribution in [3.63, 3.8) is 0 Å². The van der Waals surface area contributed by atoms with E-state index in [1.165, 1.54) is 5.56 Å². The van der Waals surface area contributed by atoms with E-state index in [4.69, 9.17) is 7.85 Å². The molecule has 0 aliphatic heterocycles. The first-order valence-corrected chi connectivity index (χ1v) is 5.59. The van der Waals surface area contributed by atoms with Crippen LogP contribution in [0.25, 0.3) is 0 Å². The summed E-state index contributed by atoms with van der Waals surface area (Å²) in [5.41, 5.74) is 1.19. The summed E-state index contributed by atoms with van der Waals surface area (Å²) in [7, 11) is 13.7. The van der Waals surface area contributed by atoms with Crippen molar-refractivity contribution in [3.05, 3.63) is 35.9 Å². The van der Waals surface area contributed by atoms with Crippen molar-refractivity contribution < 1.29 is 18.9 Å². The predicted octanol–water partition coefficient (Wildman–Crippen LogP) is -1.53. The smallest absolute Gasteiger partial charge is 0.620 e. The maximum atomic E-state index is 5.35. The Hall–Kier alpha value is -0.198. The Morgan fingerprint density at radius 3 is 1.53 bits per heavy atom. The molecule has 0 bridgehead atoms. The maximum Gasteiger partial charge on any atom is 1.00 e. The van der Waals surface area contributed by atoms with Crippen molar-refractivity contribution in [2.75, 3.05) is 41.3 Å². The van der Waals surface area contributed by atoms with Gasteiger partial charge in [0.05, 0.1) is 0 Å². The number of hydrogen-bond donors (Lipinski definition) is 0. The molecule has 0 aliphatic rings. The van der Waals surface area contributed by atoms with Gasteiger partial charge in [0.1, 0.15) is 0 Å². The van der Waals surface area contributed by atoms with Gasteiger partial charge in [-0.1, -0.05) is 35.9 Å². The second-order valence-corrected chi connectivity index (χ2v) is 4.30. The summed E-state index contributed by atoms with van der Waals surface area (Å²) in [5.74, 6) is 0. The van der Waals surface area contributed by atoms with Gasteiger partial charge in [0, 0.05) is 13.1 Å². The summed E-state index contributed by atoms with van der Waals surface area (Å²) in [4.78, 5) is 4.36. The fraction of sp³-hybridized carbons (Fsp3) is 0.538. The van der Waals surface area contributed by atoms with Gasteiger partial charge < -0.3 is 17.6 Å². The van der Waals surface area contributed by atoms with Gasteiger partial charge in [-0.25, -0.2) is 0 Å². The minimum Gasteiger partial charge on any atom is -0.620 e. The molecule has 89 valence electrons. The van der Waals surface area contributed by atoms with Gasteiger partial charge in [0.25, 0.3) is 0 Å². The van der Waals surface area contributed by atoms with Crippen molar-refractivity contribution in [2.24, 2.45) is 0 Å². The maximum absolute atomic E-state index is 5.35. The molecule has 0 N–H and O–H groups in total. The second-order valence-electron chi connectivity index (χ2n) is 4.30. The summed E-state index contributed by atoms with van der Waals surface area (Å²) < 4.78 is 0. The van der Waals surface area contributed by atoms with Crippen LogP contribution in [0.1, 0.15) is 5.56 Å². The topological polar surface area (TPSA) is 6.48 Å². The molecule has 0 amide bonds. The van der Waals surface area contributed by atoms with E-state index in [9.17, 15) is 0 Å². The van der Waals surface area contributed by atoms with Crippen LogP contribution in [0, 0.1) is 0 Å². The van der Waals surface area contributed by atoms with Crippen LogP contribution in [0.4, 0.5) is 0 Å². The van der Waals surface area contributed by atoms with E-state index in [1.54, 1.807) is 0 Å². The molecule has 2 nitrogen and oxygen atoms in total. The van der Waals surface area contributed by atoms with Crippen LogP contribution >= 0.6 is 0 Å². The van der Waals surface area contributed by atoms with Gasteiger partial charge >= 0.3 is 18.9 Å². The Morgan fingerprint density at radius 1 is 0.882 bits per heavy atom. The first-order valence-electron chi connectivity index (χ1n) is 5.59. The van der Waals surface area contributed by atoms with Gasteiger partial charge in [-0.05, 0) is 28.2 Å². The average molecular weight is 225 g/mol. The third-order valence-corrected chi connectivity index (χ3v) is 2.07. The molecule has 17 heavy (non-hydrogen) atoms. The molecule has 0 heterocycles. The summed E-state index contributed by atoms with van der Waals surface area (Å²) in [6, 6.07) is 9.99. The van der Waals surface area contributed by atoms with Crippen LogP contribution in [0.5, 0.6) is 0 Å². The first-order chi connectivity index (χ1) is 7.56. The van der Waals surface area contributed by atoms with E-state index in [-0.39, 0.29) is 18.9 Å². The zero-order valence-electron chi connectivity index (χ0n) is 12.0. The zero-order valence-corrected chi connectivity index (χ0v) is 12.0. The van der Waals surface area contributed by atoms with E-state index >= 15 is 0 Å². The van der Waals surface area contributed by atoms with Gasteiger partial charge in [0.15, 0.2) is 0 Å². The van der Waals surface area contributed by atoms with E-state index in [0.29, 0.717) is 6.32 Å². The molecule has 1 rings (SSSR count). The molecule has 0 fully saturated rings. The van der Waals surface area contributed by atoms with Crippen molar-refractivity contribution in [1.82, 2.24) is 9.80 Å². The molecular formula is C13H23BLiN2. The molecule has 0 aliphatic carbocycles. The summed E-state index contributed by atoms with van der Waals surface area (Å²) >= 11 is 0. The Kier molecular flexibility index (Phi) is 13.8. The predicted molar refractivity (Wildman–Crippen MR) is 73.0 cm³/mol. The van der Waals surface area contributed by atoms with E-state index in [1.807, 2.05) is 30.3 Å². The standard InChI is InChI=1S/C7H7B.C6H16N2.Li/c8-6-7-4-2-1-3-5-7;1-7(2)5-6-8(3)4;/h1-5H,6H2;5-6H2,1-4H3;/q-1;;+1. The zero-order chi connectivity index (χ0) is 12.4. The van der Waals surface area contributed by atoms with E-state index < -0.39 is 0 Å². The molecule has 3 radical (unpaired) electrons. The molecule has 0 spiro atoms. The molecule has 0 aromatic heterocycles. The molecule has 0 atom stereocenters. The number of rotatable bonds is 4. The van der Waals surface area contributed by atoms with E-state index in [2.05, 4.69) is 38.0 Å². The van der Waals surface area contributed by atoms with Crippen LogP contribution in [0.2, 0.25) is 0 Å². The molecule has 0 saturated heterocycles. The Morgan fingerprint density at radius 2 is 1.29 bits per heavy atom. The molecule has 0 saturated carbocycles. The van der Waals surface area contributed by atoms with Gasteiger partial charge in [-0.2, -0.15) is 0 Å². The second kappa shape index (κ2) is 12.3. The monoisotopic (exact) mass is 225 g/mol. The fourth-order valence-corrected chi connectivity index (χ4v) is 1.01. The van der Waals surface area contributed by atoms with Crippen LogP contribution < -0.4 is 18.9 Å². The summed E-state index contributed by atoms with van der Waals surface area (Å²) in [6.45, 7) is 2.29. The quantitative estimate of drug-likeness (QED) is 0.573. The molecule has 1 aromatic carbocycles. The Labute approximate surface area is 120 Å². The number of benzene rings is 1. The van der Waals surface area contributed by atoms with Crippen molar-refractivity contribution in [2.45, 2.75) is 6.32 Å². The average Bonchev–Trinajstić information content (AvgIpc) is 2.28. The normalized spacial score (nSPS) is 9.59. The molecule has 0 unspecified atom stereocenters. The van der Waals surface area contributed by atoms with Gasteiger partial charge in [-0.3, -0.25) is 6.32 Å². The molecular weight excluding hydrogens is 202 g/mol. The summed E-state index contributed by atoms with van der Waals surface area (Å²) in [5, 5.41) is 0. The minimum atomic E-state index is 0. The third-order valence-electron chi connectivity index (χ3n) is 2.07. The first kappa shape index (κ1) is 19.1. The summed E-state index contributed by atoms with van der Waals surface area (Å²) in [6.07, 6.45) is 0.640. The number of hydrogen-bond acceptors (Lipinski definition) is 2. The van der Waals surface area contributed by atoms with Crippen molar-refractivity contribution in [1.29, 1.82) is 0 Å². The van der Waals surface area contributed by atoms with Crippen LogP contribution in [0.3, 0.4) is 0 Å². The number of likely N-dealkylation sites (N-methyl/N-ethyl adjacent to an activating group) is 2. The third kappa shape index (κ3) is 13.7. The van der Waals surface area contributed by atoms with Crippen LogP contribution in [-0.2, 0) is 6.32 Å². The van der Waals surface area contributed by atoms with E-state index in [0.717, 1.165) is 13.1 Å². The molecule has 1 aromatic rings. The SMILES string of the molecule is CN(C)CCN(C)C.[B-]Cc1ccccc1.[Li+]. The van der Waals surface area contributed by atoms with Crippen molar-refractivity contribution in [3.8, 4) is 0 Å². The van der Waals surface area contributed by atoms with Gasteiger partial charge in [-0.15, -0.1) is 0 Å². The van der Waals surface area contributed by atoms with Crippen molar-refractivity contribution >= 4 is 7.85 Å². The Bertz CT molecular complexity index is 245. The number of nitrogens with zero attached hydrogens (tertiary/aromatic N) is 2. The van der Waals surface area contributed by atoms with Crippen LogP contribution in [-0.4, -0.2) is 58.9 Å².